The highest BCUT2D eigenvalue weighted by Crippen LogP contribution is 2.41. The van der Waals surface area contributed by atoms with Gasteiger partial charge in [-0.1, -0.05) is 35.9 Å². The van der Waals surface area contributed by atoms with E-state index >= 15 is 0 Å². The molecule has 148 valence electrons. The highest BCUT2D eigenvalue weighted by molar-refractivity contribution is 6.32. The molecule has 3 aromatic rings. The van der Waals surface area contributed by atoms with Gasteiger partial charge in [-0.05, 0) is 41.0 Å². The molecule has 2 N–H and O–H groups in total. The topological polar surface area (TPSA) is 79.0 Å². The SMILES string of the molecule is COc1cncc(-c2cccc(C3(c4ccc(OC)c(Cl)c4)COC(N)=N3)c2)c1. The summed E-state index contributed by atoms with van der Waals surface area (Å²) in [7, 11) is 3.20. The molecule has 0 amide bonds. The summed E-state index contributed by atoms with van der Waals surface area (Å²) >= 11 is 6.39. The summed E-state index contributed by atoms with van der Waals surface area (Å²) in [4.78, 5) is 8.91. The second-order valence-electron chi connectivity index (χ2n) is 6.64. The molecule has 0 bridgehead atoms. The maximum absolute atomic E-state index is 6.39. The third-order valence-corrected chi connectivity index (χ3v) is 5.28. The number of hydrogen-bond acceptors (Lipinski definition) is 6. The van der Waals surface area contributed by atoms with Crippen molar-refractivity contribution in [2.24, 2.45) is 10.7 Å². The number of hydrogen-bond donors (Lipinski definition) is 1. The third-order valence-electron chi connectivity index (χ3n) is 4.98. The monoisotopic (exact) mass is 409 g/mol. The van der Waals surface area contributed by atoms with Crippen LogP contribution in [0.3, 0.4) is 0 Å². The number of rotatable bonds is 5. The van der Waals surface area contributed by atoms with Gasteiger partial charge in [0.25, 0.3) is 6.02 Å². The van der Waals surface area contributed by atoms with E-state index < -0.39 is 5.54 Å². The summed E-state index contributed by atoms with van der Waals surface area (Å²) in [5.41, 5.74) is 8.82. The van der Waals surface area contributed by atoms with E-state index in [0.29, 0.717) is 16.5 Å². The smallest absolute Gasteiger partial charge is 0.283 e. The number of aromatic nitrogens is 1. The number of aliphatic imine (C=N–C) groups is 1. The fourth-order valence-electron chi connectivity index (χ4n) is 3.46. The number of pyridine rings is 1. The lowest BCUT2D eigenvalue weighted by molar-refractivity contribution is 0.278. The van der Waals surface area contributed by atoms with E-state index in [4.69, 9.17) is 31.5 Å². The summed E-state index contributed by atoms with van der Waals surface area (Å²) in [6.45, 7) is 0.279. The number of amidine groups is 1. The molecule has 29 heavy (non-hydrogen) atoms. The van der Waals surface area contributed by atoms with Crippen molar-refractivity contribution in [1.29, 1.82) is 0 Å². The first kappa shape index (κ1) is 19.1. The molecular weight excluding hydrogens is 390 g/mol. The van der Waals surface area contributed by atoms with E-state index in [0.717, 1.165) is 22.3 Å². The molecule has 1 aromatic heterocycles. The second-order valence-corrected chi connectivity index (χ2v) is 7.05. The van der Waals surface area contributed by atoms with Gasteiger partial charge >= 0.3 is 0 Å². The molecule has 4 rings (SSSR count). The van der Waals surface area contributed by atoms with Crippen molar-refractivity contribution in [2.45, 2.75) is 5.54 Å². The maximum Gasteiger partial charge on any atom is 0.283 e. The molecule has 1 aliphatic rings. The zero-order chi connectivity index (χ0) is 20.4. The van der Waals surface area contributed by atoms with Crippen LogP contribution in [0.1, 0.15) is 11.1 Å². The van der Waals surface area contributed by atoms with E-state index in [9.17, 15) is 0 Å². The van der Waals surface area contributed by atoms with Crippen LogP contribution in [0.2, 0.25) is 5.02 Å². The number of nitrogens with zero attached hydrogens (tertiary/aromatic N) is 2. The first-order chi connectivity index (χ1) is 14.1. The van der Waals surface area contributed by atoms with Crippen LogP contribution in [0.15, 0.2) is 65.9 Å². The van der Waals surface area contributed by atoms with Gasteiger partial charge in [0.1, 0.15) is 18.1 Å². The van der Waals surface area contributed by atoms with E-state index in [1.54, 1.807) is 26.6 Å². The number of nitrogens with two attached hydrogens (primary N) is 1. The molecule has 1 aliphatic heterocycles. The Balaban J connectivity index is 1.84. The first-order valence-electron chi connectivity index (χ1n) is 8.98. The fraction of sp³-hybridized carbons (Fsp3) is 0.182. The Morgan fingerprint density at radius 1 is 1.00 bits per heavy atom. The summed E-state index contributed by atoms with van der Waals surface area (Å²) in [6, 6.07) is 15.7. The molecule has 0 aliphatic carbocycles. The Bertz CT molecular complexity index is 1090. The molecule has 7 heteroatoms. The van der Waals surface area contributed by atoms with Crippen molar-refractivity contribution in [3.8, 4) is 22.6 Å². The highest BCUT2D eigenvalue weighted by atomic mass is 35.5. The van der Waals surface area contributed by atoms with Gasteiger partial charge in [-0.25, -0.2) is 4.99 Å². The molecule has 1 atom stereocenters. The van der Waals surface area contributed by atoms with E-state index in [1.807, 2.05) is 42.5 Å². The van der Waals surface area contributed by atoms with Crippen molar-refractivity contribution in [3.63, 3.8) is 0 Å². The minimum absolute atomic E-state index is 0.144. The highest BCUT2D eigenvalue weighted by Gasteiger charge is 2.40. The number of halogens is 1. The summed E-state index contributed by atoms with van der Waals surface area (Å²) in [5, 5.41) is 0.498. The number of ether oxygens (including phenoxy) is 3. The van der Waals surface area contributed by atoms with Crippen LogP contribution in [0.5, 0.6) is 11.5 Å². The number of benzene rings is 2. The van der Waals surface area contributed by atoms with Crippen molar-refractivity contribution >= 4 is 17.6 Å². The summed E-state index contributed by atoms with van der Waals surface area (Å²) in [5.74, 6) is 1.29. The Morgan fingerprint density at radius 3 is 2.52 bits per heavy atom. The van der Waals surface area contributed by atoms with Gasteiger partial charge in [0, 0.05) is 11.8 Å². The molecule has 0 spiro atoms. The van der Waals surface area contributed by atoms with Crippen LogP contribution < -0.4 is 15.2 Å². The molecule has 0 saturated heterocycles. The van der Waals surface area contributed by atoms with Gasteiger partial charge in [0.05, 0.1) is 25.4 Å². The second kappa shape index (κ2) is 7.64. The molecule has 1 unspecified atom stereocenters. The molecule has 2 aromatic carbocycles. The lowest BCUT2D eigenvalue weighted by atomic mass is 9.83. The lowest BCUT2D eigenvalue weighted by Crippen LogP contribution is -2.27. The van der Waals surface area contributed by atoms with Gasteiger partial charge in [-0.2, -0.15) is 0 Å². The molecule has 2 heterocycles. The van der Waals surface area contributed by atoms with Gasteiger partial charge in [-0.15, -0.1) is 0 Å². The normalized spacial score (nSPS) is 18.1. The number of methoxy groups -OCH3 is 2. The van der Waals surface area contributed by atoms with Crippen LogP contribution in [0.4, 0.5) is 0 Å². The minimum Gasteiger partial charge on any atom is -0.495 e. The molecule has 0 saturated carbocycles. The van der Waals surface area contributed by atoms with Gasteiger partial charge in [0.2, 0.25) is 0 Å². The van der Waals surface area contributed by atoms with E-state index in [-0.39, 0.29) is 12.6 Å². The van der Waals surface area contributed by atoms with Crippen molar-refractivity contribution in [3.05, 3.63) is 77.1 Å². The Morgan fingerprint density at radius 2 is 1.83 bits per heavy atom. The quantitative estimate of drug-likeness (QED) is 0.688. The van der Waals surface area contributed by atoms with Gasteiger partial charge < -0.3 is 19.9 Å². The standard InChI is InChI=1S/C22H20ClN3O3/c1-27-18-9-15(11-25-12-18)14-4-3-5-16(8-14)22(13-29-21(24)26-22)17-6-7-20(28-2)19(23)10-17/h3-12H,13H2,1-2H3,(H2,24,26). The molecule has 6 nitrogen and oxygen atoms in total. The Labute approximate surface area is 173 Å². The molecule has 0 fully saturated rings. The summed E-state index contributed by atoms with van der Waals surface area (Å²) in [6.07, 6.45) is 3.46. The average molecular weight is 410 g/mol. The van der Waals surface area contributed by atoms with E-state index in [1.165, 1.54) is 0 Å². The van der Waals surface area contributed by atoms with Crippen LogP contribution in [-0.2, 0) is 10.3 Å². The molecule has 0 radical (unpaired) electrons. The third kappa shape index (κ3) is 3.47. The van der Waals surface area contributed by atoms with E-state index in [2.05, 4.69) is 16.0 Å². The fourth-order valence-corrected chi connectivity index (χ4v) is 3.72. The maximum atomic E-state index is 6.39. The Hall–Kier alpha value is -3.25. The predicted octanol–water partition coefficient (Wildman–Crippen LogP) is 4.01. The van der Waals surface area contributed by atoms with Gasteiger partial charge in [-0.3, -0.25) is 4.98 Å². The van der Waals surface area contributed by atoms with Gasteiger partial charge in [0.15, 0.2) is 5.54 Å². The van der Waals surface area contributed by atoms with Crippen LogP contribution in [0, 0.1) is 0 Å². The average Bonchev–Trinajstić information content (AvgIpc) is 3.17. The molecular formula is C22H20ClN3O3. The largest absolute Gasteiger partial charge is 0.495 e. The first-order valence-corrected chi connectivity index (χ1v) is 9.35. The Kier molecular flexibility index (Phi) is 5.03. The predicted molar refractivity (Wildman–Crippen MR) is 113 cm³/mol. The van der Waals surface area contributed by atoms with Crippen LogP contribution in [0.25, 0.3) is 11.1 Å². The zero-order valence-electron chi connectivity index (χ0n) is 16.1. The summed E-state index contributed by atoms with van der Waals surface area (Å²) < 4.78 is 16.2. The van der Waals surface area contributed by atoms with Crippen LogP contribution >= 0.6 is 11.6 Å². The lowest BCUT2D eigenvalue weighted by Gasteiger charge is -2.26. The van der Waals surface area contributed by atoms with Crippen molar-refractivity contribution in [2.75, 3.05) is 20.8 Å². The zero-order valence-corrected chi connectivity index (χ0v) is 16.8. The minimum atomic E-state index is -0.803. The van der Waals surface area contributed by atoms with Crippen LogP contribution in [-0.4, -0.2) is 31.8 Å². The van der Waals surface area contributed by atoms with Crippen molar-refractivity contribution in [1.82, 2.24) is 4.98 Å². The van der Waals surface area contributed by atoms with Crippen molar-refractivity contribution < 1.29 is 14.2 Å².